The molecule has 0 aromatic heterocycles. The van der Waals surface area contributed by atoms with E-state index in [4.69, 9.17) is 0 Å². The summed E-state index contributed by atoms with van der Waals surface area (Å²) < 4.78 is 0. The number of hydrogen-bond acceptors (Lipinski definition) is 2. The quantitative estimate of drug-likeness (QED) is 0.713. The second-order valence-corrected chi connectivity index (χ2v) is 8.15. The summed E-state index contributed by atoms with van der Waals surface area (Å²) in [5, 5.41) is 0. The molecule has 0 saturated carbocycles. The van der Waals surface area contributed by atoms with E-state index in [-0.39, 0.29) is 5.91 Å². The minimum absolute atomic E-state index is 0.135. The van der Waals surface area contributed by atoms with Gasteiger partial charge in [0.2, 0.25) is 0 Å². The molecule has 0 unspecified atom stereocenters. The van der Waals surface area contributed by atoms with Crippen molar-refractivity contribution in [1.82, 2.24) is 4.90 Å². The number of quaternary nitrogens is 1. The normalized spacial score (nSPS) is 14.7. The Morgan fingerprint density at radius 2 is 1.30 bits per heavy atom. The first-order chi connectivity index (χ1) is 14.6. The molecule has 1 aliphatic heterocycles. The molecule has 4 heteroatoms. The van der Waals surface area contributed by atoms with E-state index in [0.717, 1.165) is 37.4 Å². The van der Waals surface area contributed by atoms with Crippen molar-refractivity contribution >= 4 is 11.6 Å². The monoisotopic (exact) mass is 400 g/mol. The third-order valence-electron chi connectivity index (χ3n) is 6.00. The zero-order valence-corrected chi connectivity index (χ0v) is 17.8. The van der Waals surface area contributed by atoms with Gasteiger partial charge in [-0.3, -0.25) is 4.79 Å². The lowest BCUT2D eigenvalue weighted by Crippen LogP contribution is -3.15. The molecule has 1 N–H and O–H groups in total. The molecule has 1 amide bonds. The molecule has 3 aromatic carbocycles. The summed E-state index contributed by atoms with van der Waals surface area (Å²) in [6, 6.07) is 29.6. The van der Waals surface area contributed by atoms with Crippen LogP contribution in [0.1, 0.15) is 27.5 Å². The SMILES string of the molecule is CN(C)c1ccc(C(=O)N2CC[NH+](C(c3ccccc3)c3ccccc3)CC2)cc1. The van der Waals surface area contributed by atoms with Gasteiger partial charge in [0.05, 0.1) is 26.2 Å². The van der Waals surface area contributed by atoms with Gasteiger partial charge in [0, 0.05) is 36.5 Å². The van der Waals surface area contributed by atoms with E-state index in [1.807, 2.05) is 48.2 Å². The minimum Gasteiger partial charge on any atom is -0.378 e. The summed E-state index contributed by atoms with van der Waals surface area (Å²) in [5.74, 6) is 0.135. The van der Waals surface area contributed by atoms with Gasteiger partial charge in [0.15, 0.2) is 0 Å². The number of benzene rings is 3. The van der Waals surface area contributed by atoms with Crippen LogP contribution in [0.5, 0.6) is 0 Å². The molecule has 4 nitrogen and oxygen atoms in total. The molecular formula is C26H30N3O+. The van der Waals surface area contributed by atoms with Gasteiger partial charge in [-0.15, -0.1) is 0 Å². The first kappa shape index (κ1) is 20.2. The van der Waals surface area contributed by atoms with Crippen LogP contribution in [0.15, 0.2) is 84.9 Å². The van der Waals surface area contributed by atoms with E-state index >= 15 is 0 Å². The van der Waals surface area contributed by atoms with Crippen molar-refractivity contribution in [2.75, 3.05) is 45.2 Å². The average molecular weight is 401 g/mol. The van der Waals surface area contributed by atoms with Crippen LogP contribution in [0.4, 0.5) is 5.69 Å². The third kappa shape index (κ3) is 4.39. The summed E-state index contributed by atoms with van der Waals surface area (Å²) in [6.45, 7) is 3.44. The lowest BCUT2D eigenvalue weighted by Gasteiger charge is -2.37. The second-order valence-electron chi connectivity index (χ2n) is 8.15. The van der Waals surface area contributed by atoms with Gasteiger partial charge in [-0.1, -0.05) is 60.7 Å². The highest BCUT2D eigenvalue weighted by Crippen LogP contribution is 2.20. The largest absolute Gasteiger partial charge is 0.378 e. The number of carbonyl (C=O) groups is 1. The van der Waals surface area contributed by atoms with Crippen molar-refractivity contribution in [1.29, 1.82) is 0 Å². The van der Waals surface area contributed by atoms with E-state index in [9.17, 15) is 4.79 Å². The Labute approximate surface area is 179 Å². The van der Waals surface area contributed by atoms with Crippen molar-refractivity contribution in [3.05, 3.63) is 102 Å². The van der Waals surface area contributed by atoms with Crippen LogP contribution >= 0.6 is 0 Å². The number of anilines is 1. The van der Waals surface area contributed by atoms with E-state index in [0.29, 0.717) is 6.04 Å². The highest BCUT2D eigenvalue weighted by atomic mass is 16.2. The second kappa shape index (κ2) is 9.14. The molecule has 0 radical (unpaired) electrons. The highest BCUT2D eigenvalue weighted by molar-refractivity contribution is 5.94. The highest BCUT2D eigenvalue weighted by Gasteiger charge is 2.31. The number of nitrogens with zero attached hydrogens (tertiary/aromatic N) is 2. The molecular weight excluding hydrogens is 370 g/mol. The van der Waals surface area contributed by atoms with Crippen LogP contribution in [0.25, 0.3) is 0 Å². The zero-order valence-electron chi connectivity index (χ0n) is 17.8. The fourth-order valence-corrected chi connectivity index (χ4v) is 4.33. The van der Waals surface area contributed by atoms with Crippen LogP contribution < -0.4 is 9.80 Å². The molecule has 1 aliphatic rings. The lowest BCUT2D eigenvalue weighted by molar-refractivity contribution is -0.929. The fourth-order valence-electron chi connectivity index (χ4n) is 4.33. The Morgan fingerprint density at radius 3 is 1.77 bits per heavy atom. The first-order valence-electron chi connectivity index (χ1n) is 10.6. The molecule has 1 heterocycles. The van der Waals surface area contributed by atoms with Crippen molar-refractivity contribution in [3.8, 4) is 0 Å². The molecule has 1 saturated heterocycles. The van der Waals surface area contributed by atoms with Crippen molar-refractivity contribution in [2.45, 2.75) is 6.04 Å². The third-order valence-corrected chi connectivity index (χ3v) is 6.00. The summed E-state index contributed by atoms with van der Waals surface area (Å²) in [7, 11) is 4.02. The van der Waals surface area contributed by atoms with Crippen LogP contribution in [0.2, 0.25) is 0 Å². The van der Waals surface area contributed by atoms with Gasteiger partial charge in [0.25, 0.3) is 5.91 Å². The van der Waals surface area contributed by atoms with E-state index in [1.54, 1.807) is 0 Å². The number of hydrogen-bond donors (Lipinski definition) is 1. The van der Waals surface area contributed by atoms with Gasteiger partial charge in [-0.2, -0.15) is 0 Å². The van der Waals surface area contributed by atoms with Gasteiger partial charge >= 0.3 is 0 Å². The predicted molar refractivity (Wildman–Crippen MR) is 122 cm³/mol. The lowest BCUT2D eigenvalue weighted by atomic mass is 9.96. The molecule has 3 aromatic rings. The average Bonchev–Trinajstić information content (AvgIpc) is 2.81. The summed E-state index contributed by atoms with van der Waals surface area (Å²) >= 11 is 0. The molecule has 30 heavy (non-hydrogen) atoms. The molecule has 1 fully saturated rings. The van der Waals surface area contributed by atoms with E-state index < -0.39 is 0 Å². The van der Waals surface area contributed by atoms with Crippen molar-refractivity contribution < 1.29 is 9.69 Å². The van der Waals surface area contributed by atoms with Crippen molar-refractivity contribution in [2.24, 2.45) is 0 Å². The smallest absolute Gasteiger partial charge is 0.254 e. The number of carbonyl (C=O) groups excluding carboxylic acids is 1. The topological polar surface area (TPSA) is 28.0 Å². The number of piperazine rings is 1. The fraction of sp³-hybridized carbons (Fsp3) is 0.269. The van der Waals surface area contributed by atoms with Crippen LogP contribution in [0.3, 0.4) is 0 Å². The Bertz CT molecular complexity index is 907. The molecule has 0 atom stereocenters. The predicted octanol–water partition coefficient (Wildman–Crippen LogP) is 2.88. The van der Waals surface area contributed by atoms with E-state index in [1.165, 1.54) is 16.0 Å². The Morgan fingerprint density at radius 1 is 0.800 bits per heavy atom. The maximum atomic E-state index is 13.0. The molecule has 0 bridgehead atoms. The van der Waals surface area contributed by atoms with Crippen LogP contribution in [-0.4, -0.2) is 51.1 Å². The van der Waals surface area contributed by atoms with Crippen LogP contribution in [-0.2, 0) is 0 Å². The van der Waals surface area contributed by atoms with Gasteiger partial charge in [-0.25, -0.2) is 0 Å². The maximum Gasteiger partial charge on any atom is 0.254 e. The van der Waals surface area contributed by atoms with Gasteiger partial charge in [0.1, 0.15) is 6.04 Å². The number of rotatable bonds is 5. The Balaban J connectivity index is 1.47. The standard InChI is InChI=1S/C26H29N3O/c1-27(2)24-15-13-23(14-16-24)26(30)29-19-17-28(18-20-29)25(21-9-5-3-6-10-21)22-11-7-4-8-12-22/h3-16,25H,17-20H2,1-2H3/p+1. The van der Waals surface area contributed by atoms with Crippen molar-refractivity contribution in [3.63, 3.8) is 0 Å². The molecule has 154 valence electrons. The summed E-state index contributed by atoms with van der Waals surface area (Å²) in [5.41, 5.74) is 4.54. The zero-order chi connectivity index (χ0) is 20.9. The first-order valence-corrected chi connectivity index (χ1v) is 10.6. The summed E-state index contributed by atoms with van der Waals surface area (Å²) in [6.07, 6.45) is 0. The molecule has 4 rings (SSSR count). The maximum absolute atomic E-state index is 13.0. The minimum atomic E-state index is 0.135. The van der Waals surface area contributed by atoms with Gasteiger partial charge in [-0.05, 0) is 24.3 Å². The molecule has 0 spiro atoms. The molecule has 0 aliphatic carbocycles. The number of nitrogens with one attached hydrogen (secondary N) is 1. The van der Waals surface area contributed by atoms with E-state index in [2.05, 4.69) is 60.7 Å². The number of amides is 1. The summed E-state index contributed by atoms with van der Waals surface area (Å²) in [4.78, 5) is 18.6. The van der Waals surface area contributed by atoms with Gasteiger partial charge < -0.3 is 14.7 Å². The Kier molecular flexibility index (Phi) is 6.15. The Hall–Kier alpha value is -3.11. The van der Waals surface area contributed by atoms with Crippen LogP contribution in [0, 0.1) is 0 Å².